The van der Waals surface area contributed by atoms with Crippen LogP contribution in [0, 0.1) is 5.41 Å². The van der Waals surface area contributed by atoms with E-state index in [1.165, 1.54) is 4.90 Å². The molecule has 162 valence electrons. The molecule has 30 heavy (non-hydrogen) atoms. The van der Waals surface area contributed by atoms with E-state index in [4.69, 9.17) is 4.74 Å². The van der Waals surface area contributed by atoms with Crippen LogP contribution in [0.5, 0.6) is 0 Å². The summed E-state index contributed by atoms with van der Waals surface area (Å²) < 4.78 is 5.34. The fourth-order valence-corrected chi connectivity index (χ4v) is 5.24. The van der Waals surface area contributed by atoms with Gasteiger partial charge in [-0.1, -0.05) is 36.8 Å². The number of nitrogens with zero attached hydrogens (tertiary/aromatic N) is 3. The number of benzene rings is 1. The van der Waals surface area contributed by atoms with Crippen LogP contribution in [-0.4, -0.2) is 71.4 Å². The summed E-state index contributed by atoms with van der Waals surface area (Å²) in [5, 5.41) is 0. The number of likely N-dealkylation sites (N-methyl/N-ethyl adjacent to an activating group) is 1. The van der Waals surface area contributed by atoms with E-state index in [0.717, 1.165) is 24.8 Å². The molecule has 0 bridgehead atoms. The molecule has 7 nitrogen and oxygen atoms in total. The van der Waals surface area contributed by atoms with Gasteiger partial charge in [-0.15, -0.1) is 0 Å². The summed E-state index contributed by atoms with van der Waals surface area (Å²) in [6, 6.07) is 9.55. The van der Waals surface area contributed by atoms with E-state index >= 15 is 0 Å². The van der Waals surface area contributed by atoms with E-state index in [9.17, 15) is 14.4 Å². The number of amides is 4. The highest BCUT2D eigenvalue weighted by Gasteiger charge is 2.58. The number of methoxy groups -OCH3 is 1. The Kier molecular flexibility index (Phi) is 5.57. The Morgan fingerprint density at radius 2 is 1.73 bits per heavy atom. The summed E-state index contributed by atoms with van der Waals surface area (Å²) in [7, 11) is 1.64. The molecule has 1 spiro atoms. The van der Waals surface area contributed by atoms with Crippen LogP contribution in [0.3, 0.4) is 0 Å². The third-order valence-corrected chi connectivity index (χ3v) is 7.18. The number of carbonyl (C=O) groups is 3. The van der Waals surface area contributed by atoms with Gasteiger partial charge in [-0.3, -0.25) is 14.5 Å². The van der Waals surface area contributed by atoms with Crippen molar-refractivity contribution in [2.24, 2.45) is 5.41 Å². The summed E-state index contributed by atoms with van der Waals surface area (Å²) in [4.78, 5) is 44.6. The number of hydrogen-bond donors (Lipinski definition) is 0. The van der Waals surface area contributed by atoms with Crippen LogP contribution >= 0.6 is 0 Å². The lowest BCUT2D eigenvalue weighted by Crippen LogP contribution is -2.60. The van der Waals surface area contributed by atoms with Gasteiger partial charge in [0.2, 0.25) is 5.91 Å². The van der Waals surface area contributed by atoms with Crippen molar-refractivity contribution in [3.63, 3.8) is 0 Å². The van der Waals surface area contributed by atoms with Crippen molar-refractivity contribution >= 4 is 17.8 Å². The number of rotatable bonds is 6. The molecule has 3 aliphatic rings. The molecular weight excluding hydrogens is 382 g/mol. The minimum atomic E-state index is -0.853. The lowest BCUT2D eigenvalue weighted by atomic mass is 9.68. The number of carbonyl (C=O) groups excluding carboxylic acids is 3. The summed E-state index contributed by atoms with van der Waals surface area (Å²) in [6.07, 6.45) is 3.74. The maximum atomic E-state index is 13.3. The van der Waals surface area contributed by atoms with Crippen molar-refractivity contribution in [3.05, 3.63) is 35.9 Å². The van der Waals surface area contributed by atoms with E-state index in [0.29, 0.717) is 45.6 Å². The van der Waals surface area contributed by atoms with Crippen LogP contribution in [0.15, 0.2) is 30.3 Å². The highest BCUT2D eigenvalue weighted by atomic mass is 16.5. The normalized spacial score (nSPS) is 22.5. The average Bonchev–Trinajstić information content (AvgIpc) is 2.92. The number of likely N-dealkylation sites (tertiary alicyclic amines) is 1. The molecule has 2 heterocycles. The van der Waals surface area contributed by atoms with Gasteiger partial charge >= 0.3 is 6.03 Å². The molecule has 0 atom stereocenters. The quantitative estimate of drug-likeness (QED) is 0.673. The third kappa shape index (κ3) is 3.20. The minimum Gasteiger partial charge on any atom is -0.384 e. The Labute approximate surface area is 177 Å². The van der Waals surface area contributed by atoms with Crippen LogP contribution in [0.2, 0.25) is 0 Å². The SMILES string of the molecule is CCN1C(=O)N(Cc2ccccc2)C2(CCN(C(=O)C3(COC)CCC3)CC2)C1=O. The highest BCUT2D eigenvalue weighted by Crippen LogP contribution is 2.45. The predicted molar refractivity (Wildman–Crippen MR) is 111 cm³/mol. The lowest BCUT2D eigenvalue weighted by molar-refractivity contribution is -0.156. The fraction of sp³-hybridized carbons (Fsp3) is 0.609. The molecule has 3 fully saturated rings. The van der Waals surface area contributed by atoms with Crippen molar-refractivity contribution in [1.82, 2.24) is 14.7 Å². The summed E-state index contributed by atoms with van der Waals surface area (Å²) in [5.41, 5.74) is -0.246. The summed E-state index contributed by atoms with van der Waals surface area (Å²) in [6.45, 7) is 4.04. The highest BCUT2D eigenvalue weighted by molar-refractivity contribution is 6.07. The van der Waals surface area contributed by atoms with Crippen molar-refractivity contribution in [2.75, 3.05) is 33.4 Å². The molecule has 0 N–H and O–H groups in total. The van der Waals surface area contributed by atoms with Crippen LogP contribution in [0.4, 0.5) is 4.79 Å². The van der Waals surface area contributed by atoms with E-state index in [-0.39, 0.29) is 17.8 Å². The molecule has 2 saturated heterocycles. The third-order valence-electron chi connectivity index (χ3n) is 7.18. The van der Waals surface area contributed by atoms with E-state index in [1.54, 1.807) is 12.0 Å². The molecule has 4 rings (SSSR count). The van der Waals surface area contributed by atoms with E-state index in [1.807, 2.05) is 42.2 Å². The number of piperidine rings is 1. The molecular formula is C23H31N3O4. The van der Waals surface area contributed by atoms with Gasteiger partial charge in [-0.2, -0.15) is 0 Å². The molecule has 0 unspecified atom stereocenters. The molecule has 0 aromatic heterocycles. The molecule has 1 aromatic carbocycles. The van der Waals surface area contributed by atoms with E-state index < -0.39 is 11.0 Å². The second-order valence-corrected chi connectivity index (χ2v) is 8.79. The zero-order valence-corrected chi connectivity index (χ0v) is 17.9. The molecule has 2 aliphatic heterocycles. The molecule has 1 saturated carbocycles. The van der Waals surface area contributed by atoms with Crippen molar-refractivity contribution in [3.8, 4) is 0 Å². The van der Waals surface area contributed by atoms with Gasteiger partial charge < -0.3 is 14.5 Å². The summed E-state index contributed by atoms with van der Waals surface area (Å²) >= 11 is 0. The Morgan fingerprint density at radius 3 is 2.27 bits per heavy atom. The second-order valence-electron chi connectivity index (χ2n) is 8.79. The number of ether oxygens (including phenoxy) is 1. The minimum absolute atomic E-state index is 0.117. The first-order valence-corrected chi connectivity index (χ1v) is 10.9. The van der Waals surface area contributed by atoms with Gasteiger partial charge in [0, 0.05) is 33.3 Å². The number of hydrogen-bond acceptors (Lipinski definition) is 4. The maximum Gasteiger partial charge on any atom is 0.327 e. The first-order valence-electron chi connectivity index (χ1n) is 10.9. The van der Waals surface area contributed by atoms with Crippen LogP contribution < -0.4 is 0 Å². The van der Waals surface area contributed by atoms with Gasteiger partial charge in [0.25, 0.3) is 5.91 Å². The number of urea groups is 1. The lowest BCUT2D eigenvalue weighted by Gasteiger charge is -2.47. The first-order chi connectivity index (χ1) is 14.5. The van der Waals surface area contributed by atoms with Crippen molar-refractivity contribution in [1.29, 1.82) is 0 Å². The zero-order valence-electron chi connectivity index (χ0n) is 17.9. The first kappa shape index (κ1) is 20.8. The Bertz CT molecular complexity index is 813. The molecule has 1 aliphatic carbocycles. The van der Waals surface area contributed by atoms with Crippen LogP contribution in [-0.2, 0) is 20.9 Å². The van der Waals surface area contributed by atoms with Gasteiger partial charge in [0.1, 0.15) is 5.54 Å². The fourth-order valence-electron chi connectivity index (χ4n) is 5.24. The Balaban J connectivity index is 1.54. The van der Waals surface area contributed by atoms with Crippen molar-refractivity contribution in [2.45, 2.75) is 51.1 Å². The maximum absolute atomic E-state index is 13.3. The summed E-state index contributed by atoms with van der Waals surface area (Å²) in [5.74, 6) is 0.0254. The topological polar surface area (TPSA) is 70.2 Å². The van der Waals surface area contributed by atoms with Crippen molar-refractivity contribution < 1.29 is 19.1 Å². The largest absolute Gasteiger partial charge is 0.384 e. The van der Waals surface area contributed by atoms with Gasteiger partial charge in [-0.05, 0) is 38.2 Å². The predicted octanol–water partition coefficient (Wildman–Crippen LogP) is 2.65. The molecule has 1 aromatic rings. The average molecular weight is 414 g/mol. The van der Waals surface area contributed by atoms with Gasteiger partial charge in [0.05, 0.1) is 12.0 Å². The Hall–Kier alpha value is -2.41. The standard InChI is InChI=1S/C23H31N3O4/c1-3-25-20(28)23(26(21(25)29)16-18-8-5-4-6-9-18)12-14-24(15-13-23)19(27)22(17-30-2)10-7-11-22/h4-6,8-9H,3,7,10-17H2,1-2H3. The number of imide groups is 1. The van der Waals surface area contributed by atoms with Gasteiger partial charge in [-0.25, -0.2) is 4.79 Å². The smallest absolute Gasteiger partial charge is 0.327 e. The molecule has 0 radical (unpaired) electrons. The monoisotopic (exact) mass is 413 g/mol. The Morgan fingerprint density at radius 1 is 1.07 bits per heavy atom. The molecule has 4 amide bonds. The van der Waals surface area contributed by atoms with Crippen LogP contribution in [0.1, 0.15) is 44.6 Å². The van der Waals surface area contributed by atoms with Crippen LogP contribution in [0.25, 0.3) is 0 Å². The molecule has 7 heteroatoms. The second kappa shape index (κ2) is 8.02. The van der Waals surface area contributed by atoms with E-state index in [2.05, 4.69) is 0 Å². The zero-order chi connectivity index (χ0) is 21.4. The van der Waals surface area contributed by atoms with Gasteiger partial charge in [0.15, 0.2) is 0 Å².